The molecule has 0 bridgehead atoms. The van der Waals surface area contributed by atoms with E-state index in [0.717, 1.165) is 26.2 Å². The molecule has 0 radical (unpaired) electrons. The van der Waals surface area contributed by atoms with Crippen LogP contribution in [0.4, 0.5) is 5.82 Å². The monoisotopic (exact) mass is 266 g/mol. The highest BCUT2D eigenvalue weighted by Gasteiger charge is 2.19. The summed E-state index contributed by atoms with van der Waals surface area (Å²) >= 11 is 0. The van der Waals surface area contributed by atoms with Crippen molar-refractivity contribution in [1.29, 1.82) is 0 Å². The summed E-state index contributed by atoms with van der Waals surface area (Å²) in [7, 11) is 0. The van der Waals surface area contributed by atoms with Crippen molar-refractivity contribution in [1.82, 2.24) is 14.9 Å². The number of carboxylic acids is 1. The van der Waals surface area contributed by atoms with Crippen LogP contribution in [0.5, 0.6) is 0 Å². The molecule has 0 saturated carbocycles. The van der Waals surface area contributed by atoms with Crippen LogP contribution in [-0.4, -0.2) is 64.8 Å². The Kier molecular flexibility index (Phi) is 4.64. The van der Waals surface area contributed by atoms with Crippen LogP contribution in [0.15, 0.2) is 12.4 Å². The van der Waals surface area contributed by atoms with E-state index in [1.165, 1.54) is 12.4 Å². The fourth-order valence-corrected chi connectivity index (χ4v) is 1.96. The Balaban J connectivity index is 1.88. The Morgan fingerprint density at radius 2 is 2.47 bits per heavy atom. The smallest absolute Gasteiger partial charge is 0.356 e. The lowest BCUT2D eigenvalue weighted by molar-refractivity contribution is -0.0192. The first-order valence-electron chi connectivity index (χ1n) is 6.32. The quantitative estimate of drug-likeness (QED) is 0.792. The van der Waals surface area contributed by atoms with Gasteiger partial charge in [-0.2, -0.15) is 0 Å². The van der Waals surface area contributed by atoms with Gasteiger partial charge in [0.05, 0.1) is 25.1 Å². The maximum Gasteiger partial charge on any atom is 0.356 e. The number of carboxylic acid groups (broad SMARTS) is 1. The molecule has 0 aromatic carbocycles. The molecule has 2 N–H and O–H groups in total. The Labute approximate surface area is 111 Å². The van der Waals surface area contributed by atoms with Gasteiger partial charge in [-0.05, 0) is 6.54 Å². The largest absolute Gasteiger partial charge is 0.476 e. The van der Waals surface area contributed by atoms with E-state index in [-0.39, 0.29) is 11.8 Å². The van der Waals surface area contributed by atoms with E-state index in [1.54, 1.807) is 0 Å². The van der Waals surface area contributed by atoms with Gasteiger partial charge < -0.3 is 15.2 Å². The molecule has 1 aromatic rings. The van der Waals surface area contributed by atoms with Crippen LogP contribution in [0.1, 0.15) is 17.4 Å². The van der Waals surface area contributed by atoms with Crippen molar-refractivity contribution in [2.75, 3.05) is 38.1 Å². The van der Waals surface area contributed by atoms with E-state index in [2.05, 4.69) is 27.1 Å². The van der Waals surface area contributed by atoms with E-state index in [4.69, 9.17) is 9.84 Å². The van der Waals surface area contributed by atoms with Gasteiger partial charge in [0.2, 0.25) is 0 Å². The van der Waals surface area contributed by atoms with E-state index < -0.39 is 5.97 Å². The van der Waals surface area contributed by atoms with Crippen molar-refractivity contribution in [3.63, 3.8) is 0 Å². The zero-order chi connectivity index (χ0) is 13.7. The van der Waals surface area contributed by atoms with E-state index in [0.29, 0.717) is 12.4 Å². The van der Waals surface area contributed by atoms with Gasteiger partial charge in [-0.25, -0.2) is 9.78 Å². The summed E-state index contributed by atoms with van der Waals surface area (Å²) in [5.41, 5.74) is -0.0650. The molecule has 1 saturated heterocycles. The Morgan fingerprint density at radius 3 is 3.21 bits per heavy atom. The van der Waals surface area contributed by atoms with Gasteiger partial charge in [-0.1, -0.05) is 6.92 Å². The molecule has 0 aliphatic carbocycles. The number of hydrogen-bond acceptors (Lipinski definition) is 6. The molecule has 1 fully saturated rings. The van der Waals surface area contributed by atoms with Gasteiger partial charge in [0.1, 0.15) is 5.82 Å². The molecule has 0 amide bonds. The molecule has 2 heterocycles. The van der Waals surface area contributed by atoms with Crippen molar-refractivity contribution < 1.29 is 14.6 Å². The number of anilines is 1. The van der Waals surface area contributed by atoms with Crippen molar-refractivity contribution in [2.24, 2.45) is 0 Å². The molecule has 0 spiro atoms. The summed E-state index contributed by atoms with van der Waals surface area (Å²) in [4.78, 5) is 20.9. The number of rotatable bonds is 5. The first-order chi connectivity index (χ1) is 9.19. The van der Waals surface area contributed by atoms with Gasteiger partial charge in [0.25, 0.3) is 0 Å². The van der Waals surface area contributed by atoms with Gasteiger partial charge in [0.15, 0.2) is 5.69 Å². The van der Waals surface area contributed by atoms with Crippen LogP contribution in [0.2, 0.25) is 0 Å². The number of likely N-dealkylation sites (N-methyl/N-ethyl adjacent to an activating group) is 1. The molecule has 7 heteroatoms. The van der Waals surface area contributed by atoms with Crippen molar-refractivity contribution >= 4 is 11.8 Å². The second kappa shape index (κ2) is 6.44. The average molecular weight is 266 g/mol. The summed E-state index contributed by atoms with van der Waals surface area (Å²) in [6.45, 7) is 6.28. The number of nitrogens with zero attached hydrogens (tertiary/aromatic N) is 3. The maximum absolute atomic E-state index is 10.8. The van der Waals surface area contributed by atoms with Crippen LogP contribution >= 0.6 is 0 Å². The minimum atomic E-state index is -1.08. The number of hydrogen-bond donors (Lipinski definition) is 2. The Bertz CT molecular complexity index is 441. The molecule has 1 atom stereocenters. The summed E-state index contributed by atoms with van der Waals surface area (Å²) in [5.74, 6) is -0.626. The van der Waals surface area contributed by atoms with Crippen LogP contribution in [0.3, 0.4) is 0 Å². The van der Waals surface area contributed by atoms with E-state index in [1.807, 2.05) is 0 Å². The standard InChI is InChI=1S/C12H18N4O3/c1-2-16-3-4-19-9(8-16)5-14-11-7-13-6-10(15-11)12(17)18/h6-7,9H,2-5,8H2,1H3,(H,14,15)(H,17,18). The number of ether oxygens (including phenoxy) is 1. The average Bonchev–Trinajstić information content (AvgIpc) is 2.45. The first-order valence-corrected chi connectivity index (χ1v) is 6.32. The molecular formula is C12H18N4O3. The van der Waals surface area contributed by atoms with E-state index in [9.17, 15) is 4.79 Å². The highest BCUT2D eigenvalue weighted by atomic mass is 16.5. The Hall–Kier alpha value is -1.73. The summed E-state index contributed by atoms with van der Waals surface area (Å²) in [6, 6.07) is 0. The highest BCUT2D eigenvalue weighted by Crippen LogP contribution is 2.07. The zero-order valence-electron chi connectivity index (χ0n) is 10.9. The highest BCUT2D eigenvalue weighted by molar-refractivity contribution is 5.85. The SMILES string of the molecule is CCN1CCOC(CNc2cncc(C(=O)O)n2)C1. The van der Waals surface area contributed by atoms with Gasteiger partial charge >= 0.3 is 5.97 Å². The number of morpholine rings is 1. The molecule has 7 nitrogen and oxygen atoms in total. The number of aromatic carboxylic acids is 1. The third-order valence-electron chi connectivity index (χ3n) is 3.03. The lowest BCUT2D eigenvalue weighted by atomic mass is 10.2. The summed E-state index contributed by atoms with van der Waals surface area (Å²) in [6.07, 6.45) is 2.82. The molecule has 1 aromatic heterocycles. The van der Waals surface area contributed by atoms with Crippen molar-refractivity contribution in [3.8, 4) is 0 Å². The predicted octanol–water partition coefficient (Wildman–Crippen LogP) is 0.307. The van der Waals surface area contributed by atoms with Gasteiger partial charge in [0, 0.05) is 19.6 Å². The van der Waals surface area contributed by atoms with Crippen LogP contribution in [0, 0.1) is 0 Å². The van der Waals surface area contributed by atoms with Crippen LogP contribution in [0.25, 0.3) is 0 Å². The lowest BCUT2D eigenvalue weighted by Gasteiger charge is -2.32. The van der Waals surface area contributed by atoms with Crippen molar-refractivity contribution in [3.05, 3.63) is 18.1 Å². The maximum atomic E-state index is 10.8. The zero-order valence-corrected chi connectivity index (χ0v) is 10.9. The second-order valence-electron chi connectivity index (χ2n) is 4.36. The molecule has 1 aliphatic rings. The van der Waals surface area contributed by atoms with Gasteiger partial charge in [-0.3, -0.25) is 9.88 Å². The fourth-order valence-electron chi connectivity index (χ4n) is 1.96. The molecule has 19 heavy (non-hydrogen) atoms. The molecule has 104 valence electrons. The van der Waals surface area contributed by atoms with Gasteiger partial charge in [-0.15, -0.1) is 0 Å². The normalized spacial score (nSPS) is 20.2. The number of aromatic nitrogens is 2. The minimum Gasteiger partial charge on any atom is -0.476 e. The van der Waals surface area contributed by atoms with E-state index >= 15 is 0 Å². The Morgan fingerprint density at radius 1 is 1.63 bits per heavy atom. The van der Waals surface area contributed by atoms with Crippen LogP contribution in [-0.2, 0) is 4.74 Å². The molecular weight excluding hydrogens is 248 g/mol. The van der Waals surface area contributed by atoms with Crippen LogP contribution < -0.4 is 5.32 Å². The summed E-state index contributed by atoms with van der Waals surface area (Å²) in [5, 5.41) is 11.9. The fraction of sp³-hybridized carbons (Fsp3) is 0.583. The minimum absolute atomic E-state index is 0.0650. The third kappa shape index (κ3) is 3.87. The third-order valence-corrected chi connectivity index (χ3v) is 3.03. The van der Waals surface area contributed by atoms with Crippen molar-refractivity contribution in [2.45, 2.75) is 13.0 Å². The molecule has 2 rings (SSSR count). The molecule has 1 aliphatic heterocycles. The topological polar surface area (TPSA) is 87.6 Å². The summed E-state index contributed by atoms with van der Waals surface area (Å²) < 4.78 is 5.64. The predicted molar refractivity (Wildman–Crippen MR) is 69.3 cm³/mol. The lowest BCUT2D eigenvalue weighted by Crippen LogP contribution is -2.45. The first kappa shape index (κ1) is 13.7. The number of nitrogens with one attached hydrogen (secondary N) is 1. The molecule has 1 unspecified atom stereocenters. The second-order valence-corrected chi connectivity index (χ2v) is 4.36. The number of carbonyl (C=O) groups is 1.